The molecule has 43 heavy (non-hydrogen) atoms. The molecule has 0 spiro atoms. The Labute approximate surface area is 251 Å². The third-order valence-electron chi connectivity index (χ3n) is 7.36. The molecule has 1 aromatic heterocycles. The van der Waals surface area contributed by atoms with E-state index in [1.165, 1.54) is 11.2 Å². The molecule has 5 aromatic rings. The summed E-state index contributed by atoms with van der Waals surface area (Å²) < 4.78 is 18.4. The van der Waals surface area contributed by atoms with Crippen molar-refractivity contribution in [3.05, 3.63) is 133 Å². The molecular weight excluding hydrogens is 538 g/mol. The van der Waals surface area contributed by atoms with Gasteiger partial charge in [-0.05, 0) is 53.9 Å². The van der Waals surface area contributed by atoms with Gasteiger partial charge in [-0.25, -0.2) is 4.98 Å². The predicted molar refractivity (Wildman–Crippen MR) is 168 cm³/mol. The number of rotatable bonds is 9. The number of carbonyl (C=O) groups is 1. The van der Waals surface area contributed by atoms with Gasteiger partial charge in [0.25, 0.3) is 5.91 Å². The molecule has 0 radical (unpaired) electrons. The zero-order chi connectivity index (χ0) is 29.8. The van der Waals surface area contributed by atoms with E-state index in [1.807, 2.05) is 135 Å². The van der Waals surface area contributed by atoms with Crippen molar-refractivity contribution < 1.29 is 18.7 Å². The number of anilines is 1. The lowest BCUT2D eigenvalue weighted by Crippen LogP contribution is -2.32. The second-order valence-corrected chi connectivity index (χ2v) is 10.4. The lowest BCUT2D eigenvalue weighted by atomic mass is 10.00. The molecule has 1 atom stereocenters. The van der Waals surface area contributed by atoms with Crippen LogP contribution < -0.4 is 4.90 Å². The van der Waals surface area contributed by atoms with Crippen molar-refractivity contribution >= 4 is 11.6 Å². The molecule has 1 amide bonds. The highest BCUT2D eigenvalue weighted by Crippen LogP contribution is 2.37. The predicted octanol–water partition coefficient (Wildman–Crippen LogP) is 7.62. The highest BCUT2D eigenvalue weighted by atomic mass is 16.7. The van der Waals surface area contributed by atoms with Crippen molar-refractivity contribution in [3.63, 3.8) is 0 Å². The van der Waals surface area contributed by atoms with Crippen LogP contribution in [-0.4, -0.2) is 42.7 Å². The highest BCUT2D eigenvalue weighted by Gasteiger charge is 2.32. The first kappa shape index (κ1) is 27.8. The van der Waals surface area contributed by atoms with Crippen LogP contribution in [0.4, 0.5) is 5.69 Å². The first-order valence-corrected chi connectivity index (χ1v) is 14.3. The van der Waals surface area contributed by atoms with E-state index in [-0.39, 0.29) is 11.6 Å². The van der Waals surface area contributed by atoms with Crippen LogP contribution in [0.1, 0.15) is 23.0 Å². The minimum atomic E-state index is -0.525. The van der Waals surface area contributed by atoms with Gasteiger partial charge in [-0.2, -0.15) is 0 Å². The second-order valence-electron chi connectivity index (χ2n) is 10.4. The van der Waals surface area contributed by atoms with E-state index in [1.54, 1.807) is 0 Å². The molecule has 1 unspecified atom stereocenters. The highest BCUT2D eigenvalue weighted by molar-refractivity contribution is 5.99. The van der Waals surface area contributed by atoms with Gasteiger partial charge in [0.15, 0.2) is 11.5 Å². The molecule has 4 aromatic carbocycles. The summed E-state index contributed by atoms with van der Waals surface area (Å²) in [7, 11) is 3.97. The van der Waals surface area contributed by atoms with Crippen LogP contribution in [0.5, 0.6) is 0 Å². The summed E-state index contributed by atoms with van der Waals surface area (Å²) >= 11 is 0. The Morgan fingerprint density at radius 3 is 2.12 bits per heavy atom. The molecule has 1 aliphatic rings. The summed E-state index contributed by atoms with van der Waals surface area (Å²) in [5, 5.41) is 0. The maximum Gasteiger partial charge on any atom is 0.283 e. The van der Waals surface area contributed by atoms with E-state index in [0.29, 0.717) is 30.5 Å². The Morgan fingerprint density at radius 2 is 1.44 bits per heavy atom. The van der Waals surface area contributed by atoms with Gasteiger partial charge in [-0.3, -0.25) is 9.69 Å². The fourth-order valence-corrected chi connectivity index (χ4v) is 5.10. The van der Waals surface area contributed by atoms with Crippen molar-refractivity contribution in [2.24, 2.45) is 0 Å². The molecule has 216 valence electrons. The minimum absolute atomic E-state index is 0.202. The summed E-state index contributed by atoms with van der Waals surface area (Å²) in [6.45, 7) is 2.25. The van der Waals surface area contributed by atoms with Crippen LogP contribution in [0.15, 0.2) is 126 Å². The molecular formula is C36H33N3O4. The summed E-state index contributed by atoms with van der Waals surface area (Å²) in [5.41, 5.74) is 5.86. The standard InChI is InChI=1S/C36H33N3O4/c1-4-39(31-24-41-32(42-31)23-25-13-7-5-8-14-25)36(40)33-34(27-19-21-28(22-20-27)38(2)3)43-35(37-33)30-18-12-11-17-29(30)26-15-9-6-10-16-26/h5-22,24,32H,4,23H2,1-3H3. The van der Waals surface area contributed by atoms with Gasteiger partial charge in [0.2, 0.25) is 18.1 Å². The molecule has 0 fully saturated rings. The van der Waals surface area contributed by atoms with Crippen molar-refractivity contribution in [1.82, 2.24) is 9.88 Å². The number of ether oxygens (including phenoxy) is 2. The zero-order valence-corrected chi connectivity index (χ0v) is 24.4. The third-order valence-corrected chi connectivity index (χ3v) is 7.36. The molecule has 0 aliphatic carbocycles. The van der Waals surface area contributed by atoms with Crippen LogP contribution in [0.25, 0.3) is 33.9 Å². The number of oxazole rings is 1. The van der Waals surface area contributed by atoms with Crippen LogP contribution in [0.3, 0.4) is 0 Å². The number of hydrogen-bond acceptors (Lipinski definition) is 6. The average molecular weight is 572 g/mol. The SMILES string of the molecule is CCN(C(=O)c1nc(-c2ccccc2-c2ccccc2)oc1-c1ccc(N(C)C)cc1)C1=COC(Cc2ccccc2)O1. The molecule has 6 rings (SSSR count). The maximum absolute atomic E-state index is 14.2. The Morgan fingerprint density at radius 1 is 0.791 bits per heavy atom. The van der Waals surface area contributed by atoms with Gasteiger partial charge in [0.05, 0.1) is 0 Å². The lowest BCUT2D eigenvalue weighted by molar-refractivity contribution is -0.0448. The maximum atomic E-state index is 14.2. The number of aromatic nitrogens is 1. The molecule has 0 saturated carbocycles. The topological polar surface area (TPSA) is 68.0 Å². The Balaban J connectivity index is 1.37. The summed E-state index contributed by atoms with van der Waals surface area (Å²) in [5.74, 6) is 0.769. The van der Waals surface area contributed by atoms with E-state index < -0.39 is 6.29 Å². The third kappa shape index (κ3) is 5.88. The first-order chi connectivity index (χ1) is 21.0. The average Bonchev–Trinajstić information content (AvgIpc) is 3.70. The molecule has 7 heteroatoms. The van der Waals surface area contributed by atoms with Crippen molar-refractivity contribution in [2.45, 2.75) is 19.6 Å². The first-order valence-electron chi connectivity index (χ1n) is 14.3. The van der Waals surface area contributed by atoms with E-state index in [0.717, 1.165) is 33.5 Å². The van der Waals surface area contributed by atoms with E-state index in [2.05, 4.69) is 0 Å². The van der Waals surface area contributed by atoms with Crippen LogP contribution in [-0.2, 0) is 15.9 Å². The number of benzene rings is 4. The Hall–Kier alpha value is -5.30. The van der Waals surface area contributed by atoms with Gasteiger partial charge >= 0.3 is 0 Å². The van der Waals surface area contributed by atoms with Crippen LogP contribution in [0.2, 0.25) is 0 Å². The summed E-state index contributed by atoms with van der Waals surface area (Å²) in [6, 6.07) is 35.8. The minimum Gasteiger partial charge on any atom is -0.457 e. The summed E-state index contributed by atoms with van der Waals surface area (Å²) in [4.78, 5) is 22.6. The Bertz CT molecular complexity index is 1730. The quantitative estimate of drug-likeness (QED) is 0.181. The van der Waals surface area contributed by atoms with E-state index in [9.17, 15) is 4.79 Å². The van der Waals surface area contributed by atoms with Crippen LogP contribution in [0, 0.1) is 0 Å². The van der Waals surface area contributed by atoms with E-state index >= 15 is 0 Å². The van der Waals surface area contributed by atoms with Gasteiger partial charge in [-0.15, -0.1) is 0 Å². The van der Waals surface area contributed by atoms with Crippen LogP contribution >= 0.6 is 0 Å². The lowest BCUT2D eigenvalue weighted by Gasteiger charge is -2.21. The zero-order valence-electron chi connectivity index (χ0n) is 24.4. The van der Waals surface area contributed by atoms with Crippen molar-refractivity contribution in [3.8, 4) is 33.9 Å². The molecule has 7 nitrogen and oxygen atoms in total. The largest absolute Gasteiger partial charge is 0.457 e. The molecule has 2 heterocycles. The number of hydrogen-bond donors (Lipinski definition) is 0. The number of amides is 1. The van der Waals surface area contributed by atoms with Gasteiger partial charge in [0.1, 0.15) is 6.26 Å². The Kier molecular flexibility index (Phi) is 7.96. The van der Waals surface area contributed by atoms with Gasteiger partial charge in [0, 0.05) is 43.9 Å². The van der Waals surface area contributed by atoms with Gasteiger partial charge in [-0.1, -0.05) is 78.9 Å². The van der Waals surface area contributed by atoms with E-state index in [4.69, 9.17) is 18.9 Å². The summed E-state index contributed by atoms with van der Waals surface area (Å²) in [6.07, 6.45) is 1.54. The number of nitrogens with zero attached hydrogens (tertiary/aromatic N) is 3. The fourth-order valence-electron chi connectivity index (χ4n) is 5.10. The van der Waals surface area contributed by atoms with Gasteiger partial charge < -0.3 is 18.8 Å². The monoisotopic (exact) mass is 571 g/mol. The fraction of sp³-hybridized carbons (Fsp3) is 0.167. The molecule has 0 saturated heterocycles. The second kappa shape index (κ2) is 12.3. The normalized spacial score (nSPS) is 14.0. The van der Waals surface area contributed by atoms with Crippen molar-refractivity contribution in [2.75, 3.05) is 25.5 Å². The van der Waals surface area contributed by atoms with Crippen molar-refractivity contribution in [1.29, 1.82) is 0 Å². The number of carbonyl (C=O) groups excluding carboxylic acids is 1. The smallest absolute Gasteiger partial charge is 0.283 e. The molecule has 1 aliphatic heterocycles. The molecule has 0 bridgehead atoms. The molecule has 0 N–H and O–H groups in total.